The van der Waals surface area contributed by atoms with Crippen molar-refractivity contribution < 1.29 is 13.0 Å². The summed E-state index contributed by atoms with van der Waals surface area (Å²) in [5.41, 5.74) is 2.02. The largest absolute Gasteiger partial charge is 0.295 e. The molecule has 0 bridgehead atoms. The fraction of sp³-hybridized carbons (Fsp3) is 0.583. The van der Waals surface area contributed by atoms with Crippen LogP contribution in [-0.2, 0) is 23.0 Å². The highest BCUT2D eigenvalue weighted by molar-refractivity contribution is 7.86. The summed E-state index contributed by atoms with van der Waals surface area (Å²) in [4.78, 5) is 0.0812. The van der Waals surface area contributed by atoms with E-state index in [4.69, 9.17) is 0 Å². The van der Waals surface area contributed by atoms with Gasteiger partial charge in [-0.2, -0.15) is 8.42 Å². The molecule has 0 aromatic heterocycles. The third-order valence-electron chi connectivity index (χ3n) is 5.48. The molecular weight excluding hydrogens is 368 g/mol. The zero-order chi connectivity index (χ0) is 20.4. The standard InChI is InChI=1S/C24H36O3S/c1-3-5-7-9-11-14-20-18-22-17-13-16-21(15-12-10-8-6-4-2)24(22)23(19-20)28(25,26)27/h13,16-19H,3-12,14-15H2,1-2H3,(H,25,26,27). The average molecular weight is 405 g/mol. The van der Waals surface area contributed by atoms with Gasteiger partial charge in [-0.3, -0.25) is 4.55 Å². The summed E-state index contributed by atoms with van der Waals surface area (Å²) in [5.74, 6) is 0. The highest BCUT2D eigenvalue weighted by Gasteiger charge is 2.18. The van der Waals surface area contributed by atoms with Crippen LogP contribution in [0.5, 0.6) is 0 Å². The van der Waals surface area contributed by atoms with Gasteiger partial charge in [0.25, 0.3) is 10.1 Å². The lowest BCUT2D eigenvalue weighted by atomic mass is 9.96. The van der Waals surface area contributed by atoms with Crippen LogP contribution in [0.2, 0.25) is 0 Å². The molecule has 1 N–H and O–H groups in total. The van der Waals surface area contributed by atoms with Crippen LogP contribution in [0, 0.1) is 0 Å². The van der Waals surface area contributed by atoms with Crippen molar-refractivity contribution in [3.63, 3.8) is 0 Å². The molecule has 2 aromatic rings. The Hall–Kier alpha value is -1.39. The van der Waals surface area contributed by atoms with Crippen LogP contribution in [0.15, 0.2) is 35.2 Å². The van der Waals surface area contributed by atoms with Crippen LogP contribution in [0.4, 0.5) is 0 Å². The number of unbranched alkanes of at least 4 members (excludes halogenated alkanes) is 8. The van der Waals surface area contributed by atoms with Gasteiger partial charge in [0.15, 0.2) is 0 Å². The molecule has 0 atom stereocenters. The van der Waals surface area contributed by atoms with Gasteiger partial charge in [-0.05, 0) is 48.3 Å². The van der Waals surface area contributed by atoms with Gasteiger partial charge in [-0.25, -0.2) is 0 Å². The molecule has 0 heterocycles. The van der Waals surface area contributed by atoms with E-state index in [1.54, 1.807) is 6.07 Å². The lowest BCUT2D eigenvalue weighted by Gasteiger charge is -2.13. The van der Waals surface area contributed by atoms with Crippen LogP contribution < -0.4 is 0 Å². The van der Waals surface area contributed by atoms with Crippen LogP contribution in [-0.4, -0.2) is 13.0 Å². The predicted octanol–water partition coefficient (Wildman–Crippen LogP) is 7.11. The highest BCUT2D eigenvalue weighted by Crippen LogP contribution is 2.30. The summed E-state index contributed by atoms with van der Waals surface area (Å²) >= 11 is 0. The van der Waals surface area contributed by atoms with Crippen molar-refractivity contribution in [3.8, 4) is 0 Å². The van der Waals surface area contributed by atoms with Crippen molar-refractivity contribution in [2.24, 2.45) is 0 Å². The first-order valence-electron chi connectivity index (χ1n) is 11.0. The molecular formula is C24H36O3S. The predicted molar refractivity (Wildman–Crippen MR) is 119 cm³/mol. The minimum Gasteiger partial charge on any atom is -0.282 e. The molecule has 0 unspecified atom stereocenters. The third kappa shape index (κ3) is 6.89. The van der Waals surface area contributed by atoms with Crippen molar-refractivity contribution in [3.05, 3.63) is 41.5 Å². The Morgan fingerprint density at radius 2 is 1.39 bits per heavy atom. The third-order valence-corrected chi connectivity index (χ3v) is 6.36. The Labute approximate surface area is 171 Å². The van der Waals surface area contributed by atoms with Crippen LogP contribution in [0.25, 0.3) is 10.8 Å². The van der Waals surface area contributed by atoms with Crippen LogP contribution >= 0.6 is 0 Å². The minimum absolute atomic E-state index is 0.0812. The van der Waals surface area contributed by atoms with Crippen LogP contribution in [0.3, 0.4) is 0 Å². The van der Waals surface area contributed by atoms with Gasteiger partial charge in [0.1, 0.15) is 4.90 Å². The van der Waals surface area contributed by atoms with E-state index in [9.17, 15) is 13.0 Å². The minimum atomic E-state index is -4.25. The number of hydrogen-bond donors (Lipinski definition) is 1. The molecule has 0 amide bonds. The Bertz CT molecular complexity index is 840. The summed E-state index contributed by atoms with van der Waals surface area (Å²) in [5, 5.41) is 1.62. The second-order valence-electron chi connectivity index (χ2n) is 7.91. The molecule has 0 radical (unpaired) electrons. The highest BCUT2D eigenvalue weighted by atomic mass is 32.2. The summed E-state index contributed by atoms with van der Waals surface area (Å²) in [7, 11) is -4.25. The van der Waals surface area contributed by atoms with E-state index in [0.29, 0.717) is 5.39 Å². The van der Waals surface area contributed by atoms with E-state index in [0.717, 1.165) is 55.0 Å². The number of rotatable bonds is 13. The van der Waals surface area contributed by atoms with Gasteiger partial charge >= 0.3 is 0 Å². The summed E-state index contributed by atoms with van der Waals surface area (Å²) < 4.78 is 34.2. The van der Waals surface area contributed by atoms with Crippen molar-refractivity contribution in [1.82, 2.24) is 0 Å². The fourth-order valence-electron chi connectivity index (χ4n) is 3.93. The molecule has 3 nitrogen and oxygen atoms in total. The average Bonchev–Trinajstić information content (AvgIpc) is 2.66. The van der Waals surface area contributed by atoms with Gasteiger partial charge in [0, 0.05) is 5.39 Å². The van der Waals surface area contributed by atoms with E-state index >= 15 is 0 Å². The lowest BCUT2D eigenvalue weighted by Crippen LogP contribution is -2.03. The van der Waals surface area contributed by atoms with Crippen molar-refractivity contribution in [2.75, 3.05) is 0 Å². The van der Waals surface area contributed by atoms with Gasteiger partial charge < -0.3 is 0 Å². The molecule has 0 aliphatic heterocycles. The van der Waals surface area contributed by atoms with Gasteiger partial charge in [0.2, 0.25) is 0 Å². The van der Waals surface area contributed by atoms with Crippen molar-refractivity contribution in [1.29, 1.82) is 0 Å². The second kappa shape index (κ2) is 11.6. The maximum atomic E-state index is 12.1. The molecule has 0 saturated heterocycles. The zero-order valence-corrected chi connectivity index (χ0v) is 18.4. The molecule has 0 saturated carbocycles. The van der Waals surface area contributed by atoms with E-state index in [1.165, 1.54) is 38.5 Å². The normalized spacial score (nSPS) is 12.0. The van der Waals surface area contributed by atoms with Crippen LogP contribution in [0.1, 0.15) is 89.2 Å². The van der Waals surface area contributed by atoms with E-state index in [1.807, 2.05) is 18.2 Å². The topological polar surface area (TPSA) is 54.4 Å². The first kappa shape index (κ1) is 22.9. The quantitative estimate of drug-likeness (QED) is 0.286. The maximum absolute atomic E-state index is 12.1. The zero-order valence-electron chi connectivity index (χ0n) is 17.5. The van der Waals surface area contributed by atoms with E-state index < -0.39 is 10.1 Å². The Morgan fingerprint density at radius 1 is 0.786 bits per heavy atom. The molecule has 4 heteroatoms. The molecule has 2 aromatic carbocycles. The molecule has 0 spiro atoms. The monoisotopic (exact) mass is 404 g/mol. The van der Waals surface area contributed by atoms with Gasteiger partial charge in [-0.15, -0.1) is 0 Å². The Balaban J connectivity index is 2.25. The first-order chi connectivity index (χ1) is 13.5. The SMILES string of the molecule is CCCCCCCc1cc(S(=O)(=O)O)c2c(CCCCCCC)cccc2c1. The number of benzene rings is 2. The molecule has 156 valence electrons. The van der Waals surface area contributed by atoms with E-state index in [-0.39, 0.29) is 4.90 Å². The summed E-state index contributed by atoms with van der Waals surface area (Å²) in [6, 6.07) is 9.76. The number of fused-ring (bicyclic) bond motifs is 1. The molecule has 0 aliphatic rings. The molecule has 0 fully saturated rings. The van der Waals surface area contributed by atoms with Crippen molar-refractivity contribution >= 4 is 20.9 Å². The first-order valence-corrected chi connectivity index (χ1v) is 12.4. The van der Waals surface area contributed by atoms with Gasteiger partial charge in [0.05, 0.1) is 0 Å². The molecule has 0 aliphatic carbocycles. The Kier molecular flexibility index (Phi) is 9.46. The summed E-state index contributed by atoms with van der Waals surface area (Å²) in [6.45, 7) is 4.40. The smallest absolute Gasteiger partial charge is 0.282 e. The fourth-order valence-corrected chi connectivity index (χ4v) is 4.74. The maximum Gasteiger partial charge on any atom is 0.295 e. The van der Waals surface area contributed by atoms with Crippen molar-refractivity contribution in [2.45, 2.75) is 95.8 Å². The summed E-state index contributed by atoms with van der Waals surface area (Å²) in [6.07, 6.45) is 13.5. The van der Waals surface area contributed by atoms with E-state index in [2.05, 4.69) is 19.9 Å². The Morgan fingerprint density at radius 3 is 2.00 bits per heavy atom. The number of hydrogen-bond acceptors (Lipinski definition) is 2. The molecule has 2 rings (SSSR count). The second-order valence-corrected chi connectivity index (χ2v) is 9.30. The molecule has 28 heavy (non-hydrogen) atoms. The van der Waals surface area contributed by atoms with Gasteiger partial charge in [-0.1, -0.05) is 89.5 Å². The lowest BCUT2D eigenvalue weighted by molar-refractivity contribution is 0.484. The number of aryl methyl sites for hydroxylation is 2.